The molecular weight excluding hydrogens is 224 g/mol. The highest BCUT2D eigenvalue weighted by Crippen LogP contribution is 2.37. The number of hydrogen-bond donors (Lipinski definition) is 0. The lowest BCUT2D eigenvalue weighted by Gasteiger charge is -2.17. The Balaban J connectivity index is 3.17. The summed E-state index contributed by atoms with van der Waals surface area (Å²) in [6, 6.07) is 0. The van der Waals surface area contributed by atoms with Gasteiger partial charge in [0.15, 0.2) is 0 Å². The van der Waals surface area contributed by atoms with Crippen molar-refractivity contribution in [2.24, 2.45) is 5.41 Å². The standard InChI is InChI=1S/C16H26S/c1-11-12(2)14(16(6,7)8)17-13(11)9-10-15(3,4)5/h9-10H,1-8H3/b10-9+. The molecule has 0 aliphatic rings. The van der Waals surface area contributed by atoms with Crippen LogP contribution in [0, 0.1) is 19.3 Å². The van der Waals surface area contributed by atoms with Crippen molar-refractivity contribution < 1.29 is 0 Å². The molecule has 1 heteroatoms. The first-order chi connectivity index (χ1) is 7.52. The average molecular weight is 250 g/mol. The summed E-state index contributed by atoms with van der Waals surface area (Å²) >= 11 is 1.95. The Hall–Kier alpha value is -0.560. The van der Waals surface area contributed by atoms with Crippen LogP contribution in [0.25, 0.3) is 6.08 Å². The summed E-state index contributed by atoms with van der Waals surface area (Å²) < 4.78 is 0. The van der Waals surface area contributed by atoms with Crippen LogP contribution < -0.4 is 0 Å². The summed E-state index contributed by atoms with van der Waals surface area (Å²) in [6.45, 7) is 18.1. The summed E-state index contributed by atoms with van der Waals surface area (Å²) in [7, 11) is 0. The highest BCUT2D eigenvalue weighted by molar-refractivity contribution is 7.13. The molecule has 0 saturated carbocycles. The zero-order valence-corrected chi connectivity index (χ0v) is 13.4. The minimum Gasteiger partial charge on any atom is -0.140 e. The Kier molecular flexibility index (Phi) is 3.93. The Morgan fingerprint density at radius 2 is 1.41 bits per heavy atom. The third-order valence-corrected chi connectivity index (χ3v) is 4.69. The van der Waals surface area contributed by atoms with E-state index in [1.54, 1.807) is 0 Å². The molecule has 0 radical (unpaired) electrons. The van der Waals surface area contributed by atoms with Gasteiger partial charge in [-0.1, -0.05) is 47.6 Å². The molecule has 1 aromatic heterocycles. The molecular formula is C16H26S. The first kappa shape index (κ1) is 14.5. The van der Waals surface area contributed by atoms with Crippen LogP contribution in [0.5, 0.6) is 0 Å². The van der Waals surface area contributed by atoms with Crippen LogP contribution in [0.4, 0.5) is 0 Å². The monoisotopic (exact) mass is 250 g/mol. The second-order valence-electron chi connectivity index (χ2n) is 6.99. The van der Waals surface area contributed by atoms with Gasteiger partial charge in [0, 0.05) is 9.75 Å². The van der Waals surface area contributed by atoms with E-state index in [1.165, 1.54) is 20.9 Å². The van der Waals surface area contributed by atoms with Gasteiger partial charge in [0.2, 0.25) is 0 Å². The van der Waals surface area contributed by atoms with Crippen molar-refractivity contribution in [3.8, 4) is 0 Å². The van der Waals surface area contributed by atoms with Gasteiger partial charge in [-0.15, -0.1) is 11.3 Å². The summed E-state index contributed by atoms with van der Waals surface area (Å²) in [6.07, 6.45) is 4.60. The molecule has 0 aliphatic carbocycles. The SMILES string of the molecule is Cc1c(/C=C/C(C)(C)C)sc(C(C)(C)C)c1C. The maximum absolute atomic E-state index is 2.30. The van der Waals surface area contributed by atoms with Crippen LogP contribution >= 0.6 is 11.3 Å². The van der Waals surface area contributed by atoms with Crippen molar-refractivity contribution in [1.29, 1.82) is 0 Å². The minimum absolute atomic E-state index is 0.256. The molecule has 0 spiro atoms. The van der Waals surface area contributed by atoms with Crippen molar-refractivity contribution in [2.75, 3.05) is 0 Å². The lowest BCUT2D eigenvalue weighted by Crippen LogP contribution is -2.10. The minimum atomic E-state index is 0.256. The van der Waals surface area contributed by atoms with Gasteiger partial charge < -0.3 is 0 Å². The molecule has 0 amide bonds. The van der Waals surface area contributed by atoms with E-state index in [1.807, 2.05) is 11.3 Å². The van der Waals surface area contributed by atoms with Crippen LogP contribution in [0.2, 0.25) is 0 Å². The van der Waals surface area contributed by atoms with E-state index in [0.717, 1.165) is 0 Å². The molecule has 1 aromatic rings. The fourth-order valence-electron chi connectivity index (χ4n) is 1.82. The van der Waals surface area contributed by atoms with Crippen LogP contribution in [-0.2, 0) is 5.41 Å². The molecule has 0 aliphatic heterocycles. The van der Waals surface area contributed by atoms with E-state index in [9.17, 15) is 0 Å². The smallest absolute Gasteiger partial charge is 0.0302 e. The van der Waals surface area contributed by atoms with Crippen LogP contribution in [0.1, 0.15) is 62.4 Å². The van der Waals surface area contributed by atoms with Gasteiger partial charge in [-0.05, 0) is 41.9 Å². The maximum Gasteiger partial charge on any atom is 0.0302 e. The van der Waals surface area contributed by atoms with Crippen LogP contribution in [0.3, 0.4) is 0 Å². The number of thiophene rings is 1. The van der Waals surface area contributed by atoms with Gasteiger partial charge in [-0.25, -0.2) is 0 Å². The van der Waals surface area contributed by atoms with Crippen molar-refractivity contribution in [3.63, 3.8) is 0 Å². The van der Waals surface area contributed by atoms with Gasteiger partial charge in [0.1, 0.15) is 0 Å². The molecule has 0 N–H and O–H groups in total. The highest BCUT2D eigenvalue weighted by atomic mass is 32.1. The summed E-state index contributed by atoms with van der Waals surface area (Å²) in [5, 5.41) is 0. The van der Waals surface area contributed by atoms with Gasteiger partial charge in [-0.3, -0.25) is 0 Å². The summed E-state index contributed by atoms with van der Waals surface area (Å²) in [4.78, 5) is 2.94. The van der Waals surface area contributed by atoms with E-state index in [0.29, 0.717) is 0 Å². The lowest BCUT2D eigenvalue weighted by molar-refractivity contribution is 0.547. The van der Waals surface area contributed by atoms with Crippen molar-refractivity contribution in [1.82, 2.24) is 0 Å². The molecule has 1 heterocycles. The molecule has 17 heavy (non-hydrogen) atoms. The largest absolute Gasteiger partial charge is 0.140 e. The summed E-state index contributed by atoms with van der Waals surface area (Å²) in [5.41, 5.74) is 3.43. The zero-order valence-electron chi connectivity index (χ0n) is 12.6. The molecule has 0 saturated heterocycles. The maximum atomic E-state index is 2.30. The van der Waals surface area contributed by atoms with E-state index >= 15 is 0 Å². The zero-order chi connectivity index (χ0) is 13.4. The Morgan fingerprint density at radius 1 is 0.882 bits per heavy atom. The normalized spacial score (nSPS) is 13.6. The average Bonchev–Trinajstić information content (AvgIpc) is 2.39. The van der Waals surface area contributed by atoms with E-state index in [-0.39, 0.29) is 10.8 Å². The molecule has 0 aromatic carbocycles. The van der Waals surface area contributed by atoms with Gasteiger partial charge in [0.25, 0.3) is 0 Å². The third kappa shape index (κ3) is 3.70. The molecule has 96 valence electrons. The van der Waals surface area contributed by atoms with Crippen molar-refractivity contribution in [2.45, 2.75) is 60.8 Å². The van der Waals surface area contributed by atoms with Gasteiger partial charge >= 0.3 is 0 Å². The molecule has 0 bridgehead atoms. The van der Waals surface area contributed by atoms with E-state index < -0.39 is 0 Å². The number of hydrogen-bond acceptors (Lipinski definition) is 1. The third-order valence-electron chi connectivity index (χ3n) is 2.90. The quantitative estimate of drug-likeness (QED) is 0.598. The molecule has 0 unspecified atom stereocenters. The Morgan fingerprint density at radius 3 is 1.76 bits per heavy atom. The topological polar surface area (TPSA) is 0 Å². The van der Waals surface area contributed by atoms with Gasteiger partial charge in [-0.2, -0.15) is 0 Å². The van der Waals surface area contributed by atoms with Crippen LogP contribution in [-0.4, -0.2) is 0 Å². The lowest BCUT2D eigenvalue weighted by atomic mass is 9.90. The van der Waals surface area contributed by atoms with E-state index in [2.05, 4.69) is 67.5 Å². The van der Waals surface area contributed by atoms with Crippen LogP contribution in [0.15, 0.2) is 6.08 Å². The van der Waals surface area contributed by atoms with E-state index in [4.69, 9.17) is 0 Å². The fourth-order valence-corrected chi connectivity index (χ4v) is 3.09. The van der Waals surface area contributed by atoms with Crippen molar-refractivity contribution in [3.05, 3.63) is 27.0 Å². The number of rotatable bonds is 1. The summed E-state index contributed by atoms with van der Waals surface area (Å²) in [5.74, 6) is 0. The molecule has 1 rings (SSSR count). The molecule has 0 fully saturated rings. The highest BCUT2D eigenvalue weighted by Gasteiger charge is 2.21. The predicted molar refractivity (Wildman–Crippen MR) is 81.0 cm³/mol. The predicted octanol–water partition coefficient (Wildman–Crippen LogP) is 5.72. The second kappa shape index (κ2) is 4.61. The van der Waals surface area contributed by atoms with Gasteiger partial charge in [0.05, 0.1) is 0 Å². The first-order valence-corrected chi connectivity index (χ1v) is 7.14. The number of allylic oxidation sites excluding steroid dienone is 1. The Labute approximate surface area is 111 Å². The first-order valence-electron chi connectivity index (χ1n) is 6.32. The molecule has 0 atom stereocenters. The Bertz CT molecular complexity index is 420. The fraction of sp³-hybridized carbons (Fsp3) is 0.625. The molecule has 0 nitrogen and oxygen atoms in total. The van der Waals surface area contributed by atoms with Crippen molar-refractivity contribution >= 4 is 17.4 Å². The second-order valence-corrected chi connectivity index (χ2v) is 8.05.